The number of nitrogens with zero attached hydrogens (tertiary/aromatic N) is 2. The van der Waals surface area contributed by atoms with Crippen LogP contribution in [0, 0.1) is 5.92 Å². The van der Waals surface area contributed by atoms with Gasteiger partial charge in [-0.05, 0) is 35.2 Å². The van der Waals surface area contributed by atoms with Crippen LogP contribution in [0.25, 0.3) is 0 Å². The molecule has 21 heavy (non-hydrogen) atoms. The smallest absolute Gasteiger partial charge is 0.228 e. The molecule has 1 aromatic rings. The van der Waals surface area contributed by atoms with Crippen molar-refractivity contribution in [3.05, 3.63) is 22.4 Å². The van der Waals surface area contributed by atoms with Gasteiger partial charge in [-0.1, -0.05) is 12.8 Å². The fourth-order valence-electron chi connectivity index (χ4n) is 3.51. The molecule has 2 amide bonds. The van der Waals surface area contributed by atoms with E-state index in [1.54, 1.807) is 16.2 Å². The molecule has 1 saturated carbocycles. The second kappa shape index (κ2) is 6.18. The normalized spacial score (nSPS) is 23.0. The summed E-state index contributed by atoms with van der Waals surface area (Å²) in [5.41, 5.74) is 1.16. The molecule has 1 aromatic heterocycles. The van der Waals surface area contributed by atoms with E-state index in [0.29, 0.717) is 25.6 Å². The number of rotatable bonds is 4. The third-order valence-corrected chi connectivity index (χ3v) is 5.38. The number of amides is 2. The summed E-state index contributed by atoms with van der Waals surface area (Å²) in [6.45, 7) is 1.26. The zero-order valence-electron chi connectivity index (χ0n) is 12.5. The summed E-state index contributed by atoms with van der Waals surface area (Å²) in [6.07, 6.45) is 5.04. The molecule has 2 heterocycles. The minimum atomic E-state index is -0.151. The van der Waals surface area contributed by atoms with Crippen molar-refractivity contribution in [2.45, 2.75) is 44.7 Å². The van der Waals surface area contributed by atoms with E-state index in [0.717, 1.165) is 18.4 Å². The van der Waals surface area contributed by atoms with Crippen molar-refractivity contribution in [2.24, 2.45) is 5.92 Å². The van der Waals surface area contributed by atoms with Gasteiger partial charge in [-0.2, -0.15) is 11.3 Å². The molecule has 5 heteroatoms. The third-order valence-electron chi connectivity index (χ3n) is 4.65. The van der Waals surface area contributed by atoms with Gasteiger partial charge in [-0.3, -0.25) is 9.59 Å². The van der Waals surface area contributed by atoms with Gasteiger partial charge in [-0.15, -0.1) is 0 Å². The van der Waals surface area contributed by atoms with Gasteiger partial charge in [0.2, 0.25) is 11.8 Å². The predicted octanol–water partition coefficient (Wildman–Crippen LogP) is 2.50. The molecular formula is C16H22N2O2S. The summed E-state index contributed by atoms with van der Waals surface area (Å²) in [5, 5.41) is 4.09. The van der Waals surface area contributed by atoms with Crippen LogP contribution >= 0.6 is 11.3 Å². The third kappa shape index (κ3) is 3.12. The molecule has 0 bridgehead atoms. The Labute approximate surface area is 129 Å². The van der Waals surface area contributed by atoms with Crippen molar-refractivity contribution < 1.29 is 9.59 Å². The van der Waals surface area contributed by atoms with Gasteiger partial charge in [0.05, 0.1) is 5.92 Å². The molecule has 1 atom stereocenters. The van der Waals surface area contributed by atoms with Gasteiger partial charge in [0.15, 0.2) is 0 Å². The number of hydrogen-bond donors (Lipinski definition) is 0. The van der Waals surface area contributed by atoms with Crippen LogP contribution in [0.5, 0.6) is 0 Å². The maximum atomic E-state index is 12.5. The Balaban J connectivity index is 1.59. The Kier molecular flexibility index (Phi) is 4.29. The quantitative estimate of drug-likeness (QED) is 0.857. The Morgan fingerprint density at radius 3 is 2.86 bits per heavy atom. The maximum absolute atomic E-state index is 12.5. The highest BCUT2D eigenvalue weighted by Gasteiger charge is 2.39. The average Bonchev–Trinajstić information content (AvgIpc) is 3.17. The van der Waals surface area contributed by atoms with Crippen molar-refractivity contribution >= 4 is 23.2 Å². The Morgan fingerprint density at radius 1 is 1.43 bits per heavy atom. The molecule has 1 aliphatic heterocycles. The zero-order chi connectivity index (χ0) is 14.8. The van der Waals surface area contributed by atoms with E-state index in [1.807, 2.05) is 23.4 Å². The number of thiophene rings is 1. The first-order chi connectivity index (χ1) is 10.1. The van der Waals surface area contributed by atoms with Crippen LogP contribution < -0.4 is 0 Å². The van der Waals surface area contributed by atoms with E-state index in [4.69, 9.17) is 0 Å². The number of carbonyl (C=O) groups excluding carboxylic acids is 2. The lowest BCUT2D eigenvalue weighted by Crippen LogP contribution is -2.37. The number of hydrogen-bond acceptors (Lipinski definition) is 3. The summed E-state index contributed by atoms with van der Waals surface area (Å²) in [5.74, 6) is 0.126. The summed E-state index contributed by atoms with van der Waals surface area (Å²) >= 11 is 1.64. The SMILES string of the molecule is CN(Cc1ccsc1)C(=O)[C@@H]1CC(=O)N(C2CCCC2)C1. The molecule has 0 N–H and O–H groups in total. The second-order valence-electron chi connectivity index (χ2n) is 6.21. The van der Waals surface area contributed by atoms with E-state index in [2.05, 4.69) is 5.38 Å². The molecule has 0 radical (unpaired) electrons. The maximum Gasteiger partial charge on any atom is 0.228 e. The molecule has 0 unspecified atom stereocenters. The van der Waals surface area contributed by atoms with E-state index < -0.39 is 0 Å². The lowest BCUT2D eigenvalue weighted by Gasteiger charge is -2.25. The van der Waals surface area contributed by atoms with Crippen molar-refractivity contribution in [2.75, 3.05) is 13.6 Å². The van der Waals surface area contributed by atoms with Gasteiger partial charge >= 0.3 is 0 Å². The van der Waals surface area contributed by atoms with Crippen molar-refractivity contribution in [3.8, 4) is 0 Å². The fourth-order valence-corrected chi connectivity index (χ4v) is 4.17. The molecule has 2 fully saturated rings. The lowest BCUT2D eigenvalue weighted by atomic mass is 10.1. The highest BCUT2D eigenvalue weighted by atomic mass is 32.1. The Bertz CT molecular complexity index is 508. The molecule has 3 rings (SSSR count). The summed E-state index contributed by atoms with van der Waals surface area (Å²) < 4.78 is 0. The van der Waals surface area contributed by atoms with Crippen molar-refractivity contribution in [3.63, 3.8) is 0 Å². The lowest BCUT2D eigenvalue weighted by molar-refractivity contribution is -0.135. The van der Waals surface area contributed by atoms with E-state index in [9.17, 15) is 9.59 Å². The van der Waals surface area contributed by atoms with Gasteiger partial charge in [-0.25, -0.2) is 0 Å². The fraction of sp³-hybridized carbons (Fsp3) is 0.625. The van der Waals surface area contributed by atoms with Crippen LogP contribution in [0.1, 0.15) is 37.7 Å². The van der Waals surface area contributed by atoms with Gasteiger partial charge in [0, 0.05) is 32.6 Å². The van der Waals surface area contributed by atoms with E-state index >= 15 is 0 Å². The van der Waals surface area contributed by atoms with E-state index in [-0.39, 0.29) is 17.7 Å². The number of likely N-dealkylation sites (tertiary alicyclic amines) is 1. The average molecular weight is 306 g/mol. The van der Waals surface area contributed by atoms with Crippen LogP contribution in [0.4, 0.5) is 0 Å². The highest BCUT2D eigenvalue weighted by molar-refractivity contribution is 7.07. The molecule has 1 aliphatic carbocycles. The van der Waals surface area contributed by atoms with Crippen molar-refractivity contribution in [1.82, 2.24) is 9.80 Å². The Hall–Kier alpha value is -1.36. The monoisotopic (exact) mass is 306 g/mol. The molecule has 1 saturated heterocycles. The van der Waals surface area contributed by atoms with Crippen molar-refractivity contribution in [1.29, 1.82) is 0 Å². The zero-order valence-corrected chi connectivity index (χ0v) is 13.3. The van der Waals surface area contributed by atoms with Crippen LogP contribution in [-0.2, 0) is 16.1 Å². The second-order valence-corrected chi connectivity index (χ2v) is 6.99. The van der Waals surface area contributed by atoms with Crippen LogP contribution in [0.2, 0.25) is 0 Å². The molecule has 2 aliphatic rings. The molecule has 0 spiro atoms. The summed E-state index contributed by atoms with van der Waals surface area (Å²) in [7, 11) is 1.84. The van der Waals surface area contributed by atoms with Crippen LogP contribution in [-0.4, -0.2) is 41.2 Å². The highest BCUT2D eigenvalue weighted by Crippen LogP contribution is 2.30. The van der Waals surface area contributed by atoms with Crippen LogP contribution in [0.3, 0.4) is 0 Å². The summed E-state index contributed by atoms with van der Waals surface area (Å²) in [6, 6.07) is 2.43. The number of carbonyl (C=O) groups is 2. The first-order valence-electron chi connectivity index (χ1n) is 7.70. The van der Waals surface area contributed by atoms with E-state index in [1.165, 1.54) is 12.8 Å². The Morgan fingerprint density at radius 2 is 2.19 bits per heavy atom. The minimum absolute atomic E-state index is 0.107. The van der Waals surface area contributed by atoms with Crippen LogP contribution in [0.15, 0.2) is 16.8 Å². The largest absolute Gasteiger partial charge is 0.341 e. The van der Waals surface area contributed by atoms with Gasteiger partial charge in [0.25, 0.3) is 0 Å². The summed E-state index contributed by atoms with van der Waals surface area (Å²) in [4.78, 5) is 28.4. The molecular weight excluding hydrogens is 284 g/mol. The first-order valence-corrected chi connectivity index (χ1v) is 8.65. The first kappa shape index (κ1) is 14.6. The molecule has 4 nitrogen and oxygen atoms in total. The molecule has 0 aromatic carbocycles. The predicted molar refractivity (Wildman–Crippen MR) is 82.9 cm³/mol. The van der Waals surface area contributed by atoms with Gasteiger partial charge < -0.3 is 9.80 Å². The topological polar surface area (TPSA) is 40.6 Å². The molecule has 114 valence electrons. The standard InChI is InChI=1S/C16H22N2O2S/c1-17(9-12-6-7-21-11-12)16(20)13-8-15(19)18(10-13)14-4-2-3-5-14/h6-7,11,13-14H,2-5,8-10H2,1H3/t13-/m1/s1. The minimum Gasteiger partial charge on any atom is -0.341 e. The van der Waals surface area contributed by atoms with Gasteiger partial charge in [0.1, 0.15) is 0 Å².